The van der Waals surface area contributed by atoms with E-state index in [1.54, 1.807) is 17.1 Å². The number of nitrogens with one attached hydrogen (secondary N) is 1. The summed E-state index contributed by atoms with van der Waals surface area (Å²) in [6, 6.07) is 7.45. The van der Waals surface area contributed by atoms with Crippen LogP contribution < -0.4 is 5.32 Å². The van der Waals surface area contributed by atoms with Gasteiger partial charge in [-0.15, -0.1) is 13.2 Å². The maximum absolute atomic E-state index is 14.7. The van der Waals surface area contributed by atoms with E-state index in [0.29, 0.717) is 37.8 Å². The van der Waals surface area contributed by atoms with Crippen molar-refractivity contribution in [1.82, 2.24) is 15.1 Å². The lowest BCUT2D eigenvalue weighted by Crippen LogP contribution is -2.60. The summed E-state index contributed by atoms with van der Waals surface area (Å²) in [6.45, 7) is 15.7. The van der Waals surface area contributed by atoms with Crippen LogP contribution in [0.3, 0.4) is 0 Å². The van der Waals surface area contributed by atoms with Gasteiger partial charge in [-0.05, 0) is 50.5 Å². The lowest BCUT2D eigenvalue weighted by Gasteiger charge is -2.41. The Morgan fingerprint density at radius 1 is 1.19 bits per heavy atom. The van der Waals surface area contributed by atoms with Gasteiger partial charge in [0.05, 0.1) is 37.1 Å². The van der Waals surface area contributed by atoms with Gasteiger partial charge in [0.2, 0.25) is 17.7 Å². The lowest BCUT2D eigenvalue weighted by atomic mass is 9.70. The molecule has 2 bridgehead atoms. The molecule has 3 aliphatic heterocycles. The Labute approximate surface area is 279 Å². The Morgan fingerprint density at radius 3 is 2.53 bits per heavy atom. The molecule has 47 heavy (non-hydrogen) atoms. The number of esters is 1. The number of hydrogen-bond donors (Lipinski definition) is 2. The maximum Gasteiger partial charge on any atom is 0.313 e. The van der Waals surface area contributed by atoms with Gasteiger partial charge in [0.15, 0.2) is 0 Å². The second-order valence-corrected chi connectivity index (χ2v) is 13.7. The van der Waals surface area contributed by atoms with Crippen LogP contribution in [-0.4, -0.2) is 88.1 Å². The van der Waals surface area contributed by atoms with Crippen LogP contribution in [0.2, 0.25) is 0 Å². The number of carbonyl (C=O) groups is 4. The van der Waals surface area contributed by atoms with Crippen molar-refractivity contribution >= 4 is 23.7 Å². The highest BCUT2D eigenvalue weighted by atomic mass is 16.6. The van der Waals surface area contributed by atoms with Crippen LogP contribution >= 0.6 is 0 Å². The van der Waals surface area contributed by atoms with Crippen LogP contribution in [0.1, 0.15) is 84.3 Å². The summed E-state index contributed by atoms with van der Waals surface area (Å²) in [7, 11) is 0. The summed E-state index contributed by atoms with van der Waals surface area (Å²) in [5.41, 5.74) is -0.516. The van der Waals surface area contributed by atoms with E-state index < -0.39 is 47.7 Å². The number of hydrogen-bond acceptors (Lipinski definition) is 7. The minimum Gasteiger partial charge on any atom is -0.455 e. The number of aliphatic hydroxyl groups excluding tert-OH is 1. The van der Waals surface area contributed by atoms with Crippen LogP contribution in [-0.2, 0) is 28.7 Å². The largest absolute Gasteiger partial charge is 0.455 e. The lowest BCUT2D eigenvalue weighted by molar-refractivity contribution is -0.161. The second kappa shape index (κ2) is 16.1. The van der Waals surface area contributed by atoms with Gasteiger partial charge >= 0.3 is 5.97 Å². The summed E-state index contributed by atoms with van der Waals surface area (Å²) in [5.74, 6) is -3.11. The molecule has 3 saturated heterocycles. The highest BCUT2D eigenvalue weighted by Gasteiger charge is 2.75. The zero-order valence-electron chi connectivity index (χ0n) is 28.4. The normalized spacial score (nSPS) is 26.4. The minimum atomic E-state index is -1.22. The van der Waals surface area contributed by atoms with Crippen molar-refractivity contribution in [3.63, 3.8) is 0 Å². The summed E-state index contributed by atoms with van der Waals surface area (Å²) in [6.07, 6.45) is 5.84. The van der Waals surface area contributed by atoms with E-state index in [1.807, 2.05) is 51.1 Å². The first kappa shape index (κ1) is 36.3. The molecule has 3 aliphatic rings. The maximum atomic E-state index is 14.7. The third kappa shape index (κ3) is 7.49. The molecule has 1 spiro atoms. The Morgan fingerprint density at radius 2 is 1.91 bits per heavy atom. The van der Waals surface area contributed by atoms with Crippen LogP contribution in [0.25, 0.3) is 0 Å². The number of nitrogens with zero attached hydrogens (tertiary/aromatic N) is 2. The predicted molar refractivity (Wildman–Crippen MR) is 179 cm³/mol. The molecule has 0 radical (unpaired) electrons. The van der Waals surface area contributed by atoms with Crippen molar-refractivity contribution < 1.29 is 33.8 Å². The van der Waals surface area contributed by atoms with Gasteiger partial charge in [-0.25, -0.2) is 0 Å². The fraction of sp³-hybridized carbons (Fsp3) is 0.622. The SMILES string of the molecule is C=CCCC(=O)NC[C@H](OC(=O)[C@@H]1[C@@H]2CC[C@]3(O2)[C@H](C(=O)N(CC=C)C(C)CCC)N([C@@H](CO)CC(C)C)C(=O)[C@@H]13)c1ccccc1. The quantitative estimate of drug-likeness (QED) is 0.179. The Kier molecular flexibility index (Phi) is 12.4. The van der Waals surface area contributed by atoms with Gasteiger partial charge in [-0.2, -0.15) is 0 Å². The molecule has 3 heterocycles. The van der Waals surface area contributed by atoms with Crippen LogP contribution in [0.5, 0.6) is 0 Å². The number of likely N-dealkylation sites (tertiary alicyclic amines) is 1. The van der Waals surface area contributed by atoms with Gasteiger partial charge in [-0.3, -0.25) is 19.2 Å². The third-order valence-corrected chi connectivity index (χ3v) is 9.93. The topological polar surface area (TPSA) is 125 Å². The summed E-state index contributed by atoms with van der Waals surface area (Å²) in [4.78, 5) is 59.2. The Bertz CT molecular complexity index is 1290. The first-order valence-corrected chi connectivity index (χ1v) is 17.2. The molecule has 4 rings (SSSR count). The fourth-order valence-corrected chi connectivity index (χ4v) is 7.85. The van der Waals surface area contributed by atoms with Crippen LogP contribution in [0.15, 0.2) is 55.6 Å². The summed E-state index contributed by atoms with van der Waals surface area (Å²) >= 11 is 0. The number of amides is 3. The molecular formula is C37H53N3O7. The van der Waals surface area contributed by atoms with Crippen LogP contribution in [0, 0.1) is 17.8 Å². The number of rotatable bonds is 18. The third-order valence-electron chi connectivity index (χ3n) is 9.93. The summed E-state index contributed by atoms with van der Waals surface area (Å²) in [5, 5.41) is 13.4. The fourth-order valence-electron chi connectivity index (χ4n) is 7.85. The number of allylic oxidation sites excluding steroid dienone is 1. The molecule has 3 amide bonds. The molecule has 2 N–H and O–H groups in total. The summed E-state index contributed by atoms with van der Waals surface area (Å²) < 4.78 is 12.8. The highest BCUT2D eigenvalue weighted by Crippen LogP contribution is 2.59. The first-order valence-electron chi connectivity index (χ1n) is 17.2. The van der Waals surface area contributed by atoms with Crippen LogP contribution in [0.4, 0.5) is 0 Å². The number of carbonyl (C=O) groups excluding carboxylic acids is 4. The molecule has 0 aromatic heterocycles. The number of benzene rings is 1. The van der Waals surface area contributed by atoms with E-state index in [1.165, 1.54) is 4.90 Å². The van der Waals surface area contributed by atoms with Crippen molar-refractivity contribution in [2.24, 2.45) is 17.8 Å². The number of fused-ring (bicyclic) bond motifs is 1. The van der Waals surface area contributed by atoms with Crippen molar-refractivity contribution in [3.05, 3.63) is 61.2 Å². The Balaban J connectivity index is 1.69. The molecule has 0 saturated carbocycles. The van der Waals surface area contributed by atoms with Crippen molar-refractivity contribution in [2.75, 3.05) is 19.7 Å². The van der Waals surface area contributed by atoms with E-state index in [-0.39, 0.29) is 49.3 Å². The average molecular weight is 652 g/mol. The van der Waals surface area contributed by atoms with Crippen molar-refractivity contribution in [2.45, 2.75) is 109 Å². The van der Waals surface area contributed by atoms with Crippen molar-refractivity contribution in [3.8, 4) is 0 Å². The molecule has 0 aliphatic carbocycles. The zero-order chi connectivity index (χ0) is 34.3. The number of aliphatic hydroxyl groups is 1. The van der Waals surface area contributed by atoms with E-state index in [4.69, 9.17) is 9.47 Å². The second-order valence-electron chi connectivity index (χ2n) is 13.7. The van der Waals surface area contributed by atoms with Gasteiger partial charge in [0.25, 0.3) is 0 Å². The molecule has 258 valence electrons. The standard InChI is InChI=1S/C37H53N3O7/c1-7-10-17-30(42)38-22-29(26-15-12-11-13-16-26)46-36(45)31-28-18-19-37(47-28)32(31)34(43)40(27(23-41)21-24(4)5)33(37)35(44)39(20-9-3)25(6)14-8-2/h7,9,11-13,15-16,24-25,27-29,31-33,41H,1,3,8,10,14,17-23H2,2,4-6H3,(H,38,42)/t25?,27-,28+,29+,31-,32-,33+,37-/m1/s1. The molecule has 1 unspecified atom stereocenters. The monoisotopic (exact) mass is 651 g/mol. The van der Waals surface area contributed by atoms with Crippen molar-refractivity contribution in [1.29, 1.82) is 0 Å². The van der Waals surface area contributed by atoms with E-state index in [9.17, 15) is 24.3 Å². The highest BCUT2D eigenvalue weighted by molar-refractivity contribution is 5.98. The molecule has 1 aromatic rings. The van der Waals surface area contributed by atoms with E-state index in [2.05, 4.69) is 25.4 Å². The van der Waals surface area contributed by atoms with Gasteiger partial charge in [0, 0.05) is 19.0 Å². The Hall–Kier alpha value is -3.50. The molecular weight excluding hydrogens is 598 g/mol. The molecule has 8 atom stereocenters. The predicted octanol–water partition coefficient (Wildman–Crippen LogP) is 4.34. The average Bonchev–Trinajstić information content (AvgIpc) is 3.70. The minimum absolute atomic E-state index is 0.0633. The molecule has 3 fully saturated rings. The first-order chi connectivity index (χ1) is 22.5. The smallest absolute Gasteiger partial charge is 0.313 e. The molecule has 10 nitrogen and oxygen atoms in total. The van der Waals surface area contributed by atoms with Gasteiger partial charge in [-0.1, -0.05) is 69.7 Å². The van der Waals surface area contributed by atoms with E-state index in [0.717, 1.165) is 12.8 Å². The number of ether oxygens (including phenoxy) is 2. The van der Waals surface area contributed by atoms with E-state index >= 15 is 0 Å². The molecule has 1 aromatic carbocycles. The zero-order valence-corrected chi connectivity index (χ0v) is 28.4. The van der Waals surface area contributed by atoms with Gasteiger partial charge < -0.3 is 29.7 Å². The molecule has 10 heteroatoms. The van der Waals surface area contributed by atoms with Gasteiger partial charge in [0.1, 0.15) is 17.7 Å².